The number of nitrogens with zero attached hydrogens (tertiary/aromatic N) is 2. The fourth-order valence-corrected chi connectivity index (χ4v) is 8.34. The monoisotopic (exact) mass is 783 g/mol. The number of para-hydroxylation sites is 1. The Hall–Kier alpha value is -4.83. The molecule has 0 bridgehead atoms. The van der Waals surface area contributed by atoms with Crippen molar-refractivity contribution in [1.82, 2.24) is 10.2 Å². The number of ether oxygens (including phenoxy) is 1. The first-order valence-corrected chi connectivity index (χ1v) is 20.3. The number of nitrogens with one attached hydrogen (secondary N) is 1. The summed E-state index contributed by atoms with van der Waals surface area (Å²) in [5, 5.41) is 3.88. The minimum Gasteiger partial charge on any atom is -0.457 e. The van der Waals surface area contributed by atoms with E-state index in [1.165, 1.54) is 17.0 Å². The third-order valence-corrected chi connectivity index (χ3v) is 12.1. The first-order valence-electron chi connectivity index (χ1n) is 18.1. The van der Waals surface area contributed by atoms with Crippen molar-refractivity contribution in [3.63, 3.8) is 0 Å². The van der Waals surface area contributed by atoms with Gasteiger partial charge in [0.25, 0.3) is 10.0 Å². The Kier molecular flexibility index (Phi) is 13.0. The number of hydrogen-bond donors (Lipinski definition) is 1. The molecule has 1 atom stereocenters. The second kappa shape index (κ2) is 18.0. The van der Waals surface area contributed by atoms with Gasteiger partial charge in [0, 0.05) is 19.0 Å². The first-order chi connectivity index (χ1) is 26.1. The van der Waals surface area contributed by atoms with E-state index in [-0.39, 0.29) is 35.5 Å². The molecule has 1 saturated carbocycles. The van der Waals surface area contributed by atoms with E-state index in [9.17, 15) is 18.0 Å². The fraction of sp³-hybridized carbons (Fsp3) is 0.256. The van der Waals surface area contributed by atoms with Crippen LogP contribution in [-0.2, 0) is 32.6 Å². The van der Waals surface area contributed by atoms with E-state index in [1.807, 2.05) is 67.6 Å². The molecule has 5 aromatic rings. The average molecular weight is 785 g/mol. The van der Waals surface area contributed by atoms with Crippen LogP contribution in [0.4, 0.5) is 5.69 Å². The summed E-state index contributed by atoms with van der Waals surface area (Å²) in [4.78, 5) is 30.8. The Bertz CT molecular complexity index is 2130. The van der Waals surface area contributed by atoms with Crippen molar-refractivity contribution in [3.05, 3.63) is 154 Å². The predicted molar refractivity (Wildman–Crippen MR) is 215 cm³/mol. The number of sulfonamides is 1. The highest BCUT2D eigenvalue weighted by Gasteiger charge is 2.35. The molecule has 280 valence electrons. The number of halogens is 2. The molecule has 0 spiro atoms. The molecule has 1 N–H and O–H groups in total. The van der Waals surface area contributed by atoms with Crippen LogP contribution in [0.15, 0.2) is 132 Å². The van der Waals surface area contributed by atoms with Gasteiger partial charge in [-0.2, -0.15) is 0 Å². The molecule has 54 heavy (non-hydrogen) atoms. The normalized spacial score (nSPS) is 13.8. The number of hydrogen-bond acceptors (Lipinski definition) is 5. The van der Waals surface area contributed by atoms with Crippen LogP contribution >= 0.6 is 23.2 Å². The van der Waals surface area contributed by atoms with E-state index >= 15 is 0 Å². The number of benzene rings is 5. The van der Waals surface area contributed by atoms with Crippen LogP contribution in [0.3, 0.4) is 0 Å². The average Bonchev–Trinajstić information content (AvgIpc) is 3.18. The smallest absolute Gasteiger partial charge is 0.264 e. The minimum absolute atomic E-state index is 0.0125. The Labute approximate surface area is 327 Å². The zero-order chi connectivity index (χ0) is 38.1. The molecule has 0 saturated heterocycles. The summed E-state index contributed by atoms with van der Waals surface area (Å²) in [5.74, 6) is 0.251. The summed E-state index contributed by atoms with van der Waals surface area (Å²) < 4.78 is 36.0. The standard InChI is InChI=1S/C43H43Cl2N3O5S/c1-31-17-24-38(25-18-31)54(51,52)48(35-20-22-37(23-21-35)53-36-15-9-4-10-16-36)30-42(49)47(29-33-19-26-39(44)40(45)27-33)41(28-32-11-5-2-6-12-32)43(50)46-34-13-7-3-8-14-34/h2,4-6,9-12,15-27,34,41H,3,7-8,13-14,28-30H2,1H3,(H,46,50)/t41-/m1/s1. The second-order valence-electron chi connectivity index (χ2n) is 13.6. The lowest BCUT2D eigenvalue weighted by Crippen LogP contribution is -2.55. The molecule has 1 aliphatic carbocycles. The third kappa shape index (κ3) is 10.0. The summed E-state index contributed by atoms with van der Waals surface area (Å²) >= 11 is 12.7. The van der Waals surface area contributed by atoms with E-state index in [1.54, 1.807) is 54.6 Å². The number of carbonyl (C=O) groups is 2. The molecular weight excluding hydrogens is 741 g/mol. The molecule has 1 aliphatic rings. The van der Waals surface area contributed by atoms with Gasteiger partial charge in [-0.3, -0.25) is 13.9 Å². The maximum absolute atomic E-state index is 14.9. The highest BCUT2D eigenvalue weighted by atomic mass is 35.5. The Balaban J connectivity index is 1.39. The van der Waals surface area contributed by atoms with Crippen LogP contribution in [0, 0.1) is 6.92 Å². The van der Waals surface area contributed by atoms with Gasteiger partial charge in [-0.15, -0.1) is 0 Å². The summed E-state index contributed by atoms with van der Waals surface area (Å²) in [5.41, 5.74) is 2.63. The van der Waals surface area contributed by atoms with E-state index in [0.717, 1.165) is 47.5 Å². The van der Waals surface area contributed by atoms with Crippen LogP contribution in [0.2, 0.25) is 10.0 Å². The van der Waals surface area contributed by atoms with E-state index in [0.29, 0.717) is 27.1 Å². The number of anilines is 1. The van der Waals surface area contributed by atoms with Gasteiger partial charge >= 0.3 is 0 Å². The van der Waals surface area contributed by atoms with Gasteiger partial charge in [-0.25, -0.2) is 8.42 Å². The van der Waals surface area contributed by atoms with Gasteiger partial charge in [-0.05, 0) is 91.6 Å². The molecule has 6 rings (SSSR count). The van der Waals surface area contributed by atoms with Gasteiger partial charge < -0.3 is 15.0 Å². The molecule has 0 radical (unpaired) electrons. The fourth-order valence-electron chi connectivity index (χ4n) is 6.60. The summed E-state index contributed by atoms with van der Waals surface area (Å²) in [6.07, 6.45) is 5.08. The van der Waals surface area contributed by atoms with Crippen LogP contribution in [0.25, 0.3) is 0 Å². The molecule has 5 aromatic carbocycles. The molecule has 0 aliphatic heterocycles. The SMILES string of the molecule is Cc1ccc(S(=O)(=O)N(CC(=O)N(Cc2ccc(Cl)c(Cl)c2)[C@H](Cc2ccccc2)C(=O)NC2CCCCC2)c2ccc(Oc3ccccc3)cc2)cc1. The van der Waals surface area contributed by atoms with Crippen LogP contribution in [-0.4, -0.2) is 43.8 Å². The molecule has 0 heterocycles. The number of carbonyl (C=O) groups excluding carboxylic acids is 2. The molecule has 8 nitrogen and oxygen atoms in total. The lowest BCUT2D eigenvalue weighted by molar-refractivity contribution is -0.140. The zero-order valence-electron chi connectivity index (χ0n) is 30.0. The molecular formula is C43H43Cl2N3O5S. The van der Waals surface area contributed by atoms with E-state index in [2.05, 4.69) is 5.32 Å². The lowest BCUT2D eigenvalue weighted by atomic mass is 9.94. The Morgan fingerprint density at radius 1 is 0.759 bits per heavy atom. The highest BCUT2D eigenvalue weighted by molar-refractivity contribution is 7.92. The number of rotatable bonds is 14. The maximum atomic E-state index is 14.9. The second-order valence-corrected chi connectivity index (χ2v) is 16.2. The van der Waals surface area contributed by atoms with Crippen molar-refractivity contribution in [2.24, 2.45) is 0 Å². The maximum Gasteiger partial charge on any atom is 0.264 e. The van der Waals surface area contributed by atoms with Gasteiger partial charge in [0.05, 0.1) is 20.6 Å². The summed E-state index contributed by atoms with van der Waals surface area (Å²) in [6.45, 7) is 1.27. The lowest BCUT2D eigenvalue weighted by Gasteiger charge is -2.35. The van der Waals surface area contributed by atoms with Gasteiger partial charge in [0.15, 0.2) is 0 Å². The van der Waals surface area contributed by atoms with Crippen LogP contribution < -0.4 is 14.4 Å². The van der Waals surface area contributed by atoms with Crippen LogP contribution in [0.1, 0.15) is 48.8 Å². The van der Waals surface area contributed by atoms with Crippen molar-refractivity contribution in [2.75, 3.05) is 10.8 Å². The third-order valence-electron chi connectivity index (χ3n) is 9.55. The number of amides is 2. The van der Waals surface area contributed by atoms with Gasteiger partial charge in [-0.1, -0.05) is 115 Å². The minimum atomic E-state index is -4.28. The molecule has 0 unspecified atom stereocenters. The Morgan fingerprint density at radius 2 is 1.39 bits per heavy atom. The van der Waals surface area contributed by atoms with Crippen molar-refractivity contribution in [3.8, 4) is 11.5 Å². The molecule has 2 amide bonds. The van der Waals surface area contributed by atoms with Gasteiger partial charge in [0.2, 0.25) is 11.8 Å². The molecule has 1 fully saturated rings. The van der Waals surface area contributed by atoms with Crippen molar-refractivity contribution in [1.29, 1.82) is 0 Å². The number of aryl methyl sites for hydroxylation is 1. The van der Waals surface area contributed by atoms with E-state index < -0.39 is 28.5 Å². The van der Waals surface area contributed by atoms with Crippen LogP contribution in [0.5, 0.6) is 11.5 Å². The largest absolute Gasteiger partial charge is 0.457 e. The Morgan fingerprint density at radius 3 is 2.04 bits per heavy atom. The summed E-state index contributed by atoms with van der Waals surface area (Å²) in [7, 11) is -4.28. The van der Waals surface area contributed by atoms with Crippen molar-refractivity contribution < 1.29 is 22.7 Å². The summed E-state index contributed by atoms with van der Waals surface area (Å²) in [6, 6.07) is 35.8. The highest BCUT2D eigenvalue weighted by Crippen LogP contribution is 2.30. The van der Waals surface area contributed by atoms with Gasteiger partial charge in [0.1, 0.15) is 24.1 Å². The molecule has 11 heteroatoms. The zero-order valence-corrected chi connectivity index (χ0v) is 32.4. The van der Waals surface area contributed by atoms with Crippen molar-refractivity contribution in [2.45, 2.75) is 69.0 Å². The predicted octanol–water partition coefficient (Wildman–Crippen LogP) is 9.38. The quantitative estimate of drug-likeness (QED) is 0.121. The van der Waals surface area contributed by atoms with Crippen molar-refractivity contribution >= 4 is 50.7 Å². The first kappa shape index (κ1) is 38.9. The molecule has 0 aromatic heterocycles. The van der Waals surface area contributed by atoms with E-state index in [4.69, 9.17) is 27.9 Å². The topological polar surface area (TPSA) is 96.0 Å².